The molecule has 0 fully saturated rings. The van der Waals surface area contributed by atoms with Gasteiger partial charge in [0.2, 0.25) is 5.88 Å². The Kier molecular flexibility index (Phi) is 9.23. The highest BCUT2D eigenvalue weighted by Gasteiger charge is 2.19. The van der Waals surface area contributed by atoms with Crippen LogP contribution in [0.4, 0.5) is 0 Å². The quantitative estimate of drug-likeness (QED) is 0.436. The Morgan fingerprint density at radius 2 is 1.59 bits per heavy atom. The van der Waals surface area contributed by atoms with Gasteiger partial charge in [0.1, 0.15) is 17.2 Å². The molecule has 160 valence electrons. The van der Waals surface area contributed by atoms with E-state index in [1.165, 1.54) is 0 Å². The normalized spacial score (nSPS) is 11.0. The van der Waals surface area contributed by atoms with Crippen molar-refractivity contribution >= 4 is 0 Å². The van der Waals surface area contributed by atoms with Crippen molar-refractivity contribution in [3.63, 3.8) is 0 Å². The molecular weight excluding hydrogens is 364 g/mol. The van der Waals surface area contributed by atoms with Gasteiger partial charge in [-0.25, -0.2) is 9.97 Å². The number of nitrogens with zero attached hydrogens (tertiary/aromatic N) is 2. The first-order valence-electron chi connectivity index (χ1n) is 11.1. The highest BCUT2D eigenvalue weighted by atomic mass is 16.5. The van der Waals surface area contributed by atoms with Gasteiger partial charge in [0.15, 0.2) is 0 Å². The van der Waals surface area contributed by atoms with Gasteiger partial charge in [-0.3, -0.25) is 0 Å². The van der Waals surface area contributed by atoms with Crippen LogP contribution in [0.15, 0.2) is 18.2 Å². The zero-order valence-corrected chi connectivity index (χ0v) is 18.9. The summed E-state index contributed by atoms with van der Waals surface area (Å²) in [4.78, 5) is 9.86. The molecular formula is C24H36N2O3. The summed E-state index contributed by atoms with van der Waals surface area (Å²) in [6.07, 6.45) is 4.58. The molecule has 1 aromatic heterocycles. The van der Waals surface area contributed by atoms with Crippen LogP contribution in [0.1, 0.15) is 72.2 Å². The van der Waals surface area contributed by atoms with Gasteiger partial charge in [-0.1, -0.05) is 34.6 Å². The Hall–Kier alpha value is -2.30. The Balaban J connectivity index is 2.52. The minimum Gasteiger partial charge on any atom is -0.493 e. The smallest absolute Gasteiger partial charge is 0.236 e. The minimum atomic E-state index is 0.166. The maximum Gasteiger partial charge on any atom is 0.236 e. The predicted molar refractivity (Wildman–Crippen MR) is 118 cm³/mol. The van der Waals surface area contributed by atoms with Gasteiger partial charge in [-0.05, 0) is 51.2 Å². The minimum absolute atomic E-state index is 0.166. The van der Waals surface area contributed by atoms with Crippen molar-refractivity contribution in [2.75, 3.05) is 13.2 Å². The molecule has 0 amide bonds. The number of rotatable bonds is 12. The zero-order chi connectivity index (χ0) is 21.2. The number of ether oxygens (including phenoxy) is 3. The fourth-order valence-electron chi connectivity index (χ4n) is 3.17. The van der Waals surface area contributed by atoms with E-state index >= 15 is 0 Å². The monoisotopic (exact) mass is 400 g/mol. The summed E-state index contributed by atoms with van der Waals surface area (Å²) < 4.78 is 17.9. The summed E-state index contributed by atoms with van der Waals surface area (Å²) in [6.45, 7) is 13.8. The lowest BCUT2D eigenvalue weighted by atomic mass is 10.1. The fraction of sp³-hybridized carbons (Fsp3) is 0.583. The summed E-state index contributed by atoms with van der Waals surface area (Å²) in [5, 5.41) is 0. The summed E-state index contributed by atoms with van der Waals surface area (Å²) >= 11 is 0. The molecule has 1 heterocycles. The predicted octanol–water partition coefficient (Wildman–Crippen LogP) is 6.02. The van der Waals surface area contributed by atoms with Crippen LogP contribution in [0.25, 0.3) is 11.3 Å². The third kappa shape index (κ3) is 5.84. The largest absolute Gasteiger partial charge is 0.493 e. The Labute approximate surface area is 175 Å². The topological polar surface area (TPSA) is 53.5 Å². The molecule has 1 aromatic carbocycles. The second kappa shape index (κ2) is 11.6. The van der Waals surface area contributed by atoms with Crippen LogP contribution in [0.2, 0.25) is 0 Å². The average molecular weight is 401 g/mol. The van der Waals surface area contributed by atoms with Gasteiger partial charge in [0.25, 0.3) is 0 Å². The van der Waals surface area contributed by atoms with E-state index in [1.807, 2.05) is 25.1 Å². The molecule has 5 heteroatoms. The fourth-order valence-corrected chi connectivity index (χ4v) is 3.17. The summed E-state index contributed by atoms with van der Waals surface area (Å²) in [6, 6.07) is 5.96. The Morgan fingerprint density at radius 1 is 0.862 bits per heavy atom. The number of hydrogen-bond acceptors (Lipinski definition) is 5. The molecule has 0 saturated carbocycles. The Morgan fingerprint density at radius 3 is 2.17 bits per heavy atom. The first kappa shape index (κ1) is 23.0. The maximum atomic E-state index is 6.18. The highest BCUT2D eigenvalue weighted by Crippen LogP contribution is 2.36. The van der Waals surface area contributed by atoms with E-state index in [0.29, 0.717) is 19.1 Å². The van der Waals surface area contributed by atoms with E-state index in [-0.39, 0.29) is 6.10 Å². The Bertz CT molecular complexity index is 773. The second-order valence-electron chi connectivity index (χ2n) is 6.97. The molecule has 0 unspecified atom stereocenters. The van der Waals surface area contributed by atoms with Crippen LogP contribution in [-0.2, 0) is 12.8 Å². The van der Waals surface area contributed by atoms with Gasteiger partial charge in [0, 0.05) is 11.6 Å². The van der Waals surface area contributed by atoms with E-state index in [0.717, 1.165) is 66.2 Å². The molecule has 2 aromatic rings. The van der Waals surface area contributed by atoms with Crippen LogP contribution < -0.4 is 14.2 Å². The molecule has 0 aliphatic carbocycles. The zero-order valence-electron chi connectivity index (χ0n) is 18.9. The van der Waals surface area contributed by atoms with Crippen LogP contribution in [0, 0.1) is 0 Å². The average Bonchev–Trinajstić information content (AvgIpc) is 2.76. The van der Waals surface area contributed by atoms with Crippen molar-refractivity contribution < 1.29 is 14.2 Å². The summed E-state index contributed by atoms with van der Waals surface area (Å²) in [5.41, 5.74) is 3.62. The lowest BCUT2D eigenvalue weighted by Crippen LogP contribution is -2.17. The van der Waals surface area contributed by atoms with E-state index in [1.54, 1.807) is 0 Å². The first-order chi connectivity index (χ1) is 14.1. The van der Waals surface area contributed by atoms with Crippen molar-refractivity contribution in [3.8, 4) is 28.6 Å². The van der Waals surface area contributed by atoms with E-state index in [9.17, 15) is 0 Å². The molecule has 2 rings (SSSR count). The molecule has 0 bridgehead atoms. The molecule has 0 radical (unpaired) electrons. The van der Waals surface area contributed by atoms with Crippen molar-refractivity contribution in [1.29, 1.82) is 0 Å². The third-order valence-corrected chi connectivity index (χ3v) is 4.84. The van der Waals surface area contributed by atoms with Crippen LogP contribution in [-0.4, -0.2) is 29.3 Å². The third-order valence-electron chi connectivity index (χ3n) is 4.84. The van der Waals surface area contributed by atoms with Gasteiger partial charge in [-0.2, -0.15) is 0 Å². The molecule has 29 heavy (non-hydrogen) atoms. The van der Waals surface area contributed by atoms with Crippen LogP contribution in [0.5, 0.6) is 17.4 Å². The summed E-state index contributed by atoms with van der Waals surface area (Å²) in [5.74, 6) is 2.26. The number of aryl methyl sites for hydroxylation is 2. The molecule has 0 atom stereocenters. The van der Waals surface area contributed by atoms with Crippen molar-refractivity contribution in [2.24, 2.45) is 0 Å². The summed E-state index contributed by atoms with van der Waals surface area (Å²) in [7, 11) is 0. The molecule has 0 N–H and O–H groups in total. The molecule has 0 saturated heterocycles. The van der Waals surface area contributed by atoms with Crippen molar-refractivity contribution in [3.05, 3.63) is 29.6 Å². The SMILES string of the molecule is CCCOc1ccc(-c2nc(CC)c(OC(CC)CC)nc2CC)c(OCC)c1. The van der Waals surface area contributed by atoms with E-state index in [4.69, 9.17) is 24.2 Å². The first-order valence-corrected chi connectivity index (χ1v) is 11.1. The molecule has 0 spiro atoms. The standard InChI is InChI=1S/C24H36N2O3/c1-7-15-28-18-13-14-19(22(16-18)27-12-6)23-20(10-4)26-24(21(11-5)25-23)29-17(8-2)9-3/h13-14,16-17H,7-12,15H2,1-6H3. The number of benzene rings is 1. The lowest BCUT2D eigenvalue weighted by molar-refractivity contribution is 0.181. The molecule has 5 nitrogen and oxygen atoms in total. The molecule has 0 aliphatic rings. The van der Waals surface area contributed by atoms with Crippen LogP contribution in [0.3, 0.4) is 0 Å². The number of hydrogen-bond donors (Lipinski definition) is 0. The highest BCUT2D eigenvalue weighted by molar-refractivity contribution is 5.71. The van der Waals surface area contributed by atoms with Crippen molar-refractivity contribution in [2.45, 2.75) is 79.8 Å². The van der Waals surface area contributed by atoms with E-state index < -0.39 is 0 Å². The lowest BCUT2D eigenvalue weighted by Gasteiger charge is -2.20. The second-order valence-corrected chi connectivity index (χ2v) is 6.97. The maximum absolute atomic E-state index is 6.18. The van der Waals surface area contributed by atoms with E-state index in [2.05, 4.69) is 34.6 Å². The van der Waals surface area contributed by atoms with Crippen LogP contribution >= 0.6 is 0 Å². The van der Waals surface area contributed by atoms with Gasteiger partial charge in [-0.15, -0.1) is 0 Å². The van der Waals surface area contributed by atoms with Gasteiger partial charge >= 0.3 is 0 Å². The van der Waals surface area contributed by atoms with Gasteiger partial charge < -0.3 is 14.2 Å². The van der Waals surface area contributed by atoms with Gasteiger partial charge in [0.05, 0.1) is 30.7 Å². The molecule has 0 aliphatic heterocycles. The van der Waals surface area contributed by atoms with Crippen molar-refractivity contribution in [1.82, 2.24) is 9.97 Å². The number of aromatic nitrogens is 2.